The summed E-state index contributed by atoms with van der Waals surface area (Å²) >= 11 is 0. The second kappa shape index (κ2) is 39.0. The zero-order chi connectivity index (χ0) is 80.2. The maximum absolute atomic E-state index is 13.9. The number of pyridine rings is 6. The molecular weight excluding hydrogens is 1400 g/mol. The summed E-state index contributed by atoms with van der Waals surface area (Å²) in [5.74, 6) is -2.32. The van der Waals surface area contributed by atoms with Crippen LogP contribution in [0.1, 0.15) is 158 Å². The molecule has 6 aromatic heterocycles. The van der Waals surface area contributed by atoms with E-state index in [0.29, 0.717) is 152 Å². The molecule has 27 rings (SSSR count). The van der Waals surface area contributed by atoms with Crippen molar-refractivity contribution in [1.82, 2.24) is 69.1 Å². The number of aromatic nitrogens is 6. The fourth-order valence-corrected chi connectivity index (χ4v) is 12.6. The van der Waals surface area contributed by atoms with Gasteiger partial charge in [-0.25, -0.2) is 0 Å². The summed E-state index contributed by atoms with van der Waals surface area (Å²) in [5.41, 5.74) is 4.43. The zero-order valence-corrected chi connectivity index (χ0v) is 68.5. The van der Waals surface area contributed by atoms with Gasteiger partial charge in [0, 0.05) is 155 Å². The van der Waals surface area contributed by atoms with Crippen molar-refractivity contribution in [1.29, 1.82) is 0 Å². The van der Waals surface area contributed by atoms with Gasteiger partial charge in [-0.1, -0.05) is 36.4 Å². The second-order valence-electron chi connectivity index (χ2n) is 34.8. The minimum atomic E-state index is -0.743. The highest BCUT2D eigenvalue weighted by Gasteiger charge is 2.29. The van der Waals surface area contributed by atoms with Gasteiger partial charge in [0.2, 0.25) is 0 Å². The topological polar surface area (TPSA) is 261 Å². The summed E-state index contributed by atoms with van der Waals surface area (Å²) in [5, 5.41) is 0. The number of nitrogens with zero attached hydrogens (tertiary/aromatic N) is 14. The molecule has 0 N–H and O–H groups in total. The summed E-state index contributed by atoms with van der Waals surface area (Å²) < 4.78 is 35.7. The van der Waals surface area contributed by atoms with Crippen LogP contribution in [0.3, 0.4) is 0 Å². The lowest BCUT2D eigenvalue weighted by atomic mass is 10.1. The first-order chi connectivity index (χ1) is 51.5. The van der Waals surface area contributed by atoms with Crippen LogP contribution < -0.4 is 0 Å². The highest BCUT2D eigenvalue weighted by atomic mass is 16.6. The van der Waals surface area contributed by atoms with Gasteiger partial charge in [0.15, 0.2) is 0 Å². The van der Waals surface area contributed by atoms with E-state index in [-0.39, 0.29) is 75.1 Å². The van der Waals surface area contributed by atoms with E-state index in [1.165, 1.54) is 0 Å². The van der Waals surface area contributed by atoms with Crippen LogP contribution in [0.2, 0.25) is 0 Å². The van der Waals surface area contributed by atoms with E-state index in [4.69, 9.17) is 58.3 Å². The molecule has 0 unspecified atom stereocenters. The SMILES string of the molecule is CC(C)(C)OC(=O)CN1CCN2CCN(CC(=O)OC(C)(C)C)Cc3ccc(nc3)-c3ccc(cn3)CN(CC(=O)OC(C)(C)C)CCN(CCN(CC(=O)OC(C)(C)C)Cc3ccc(nc3)-c3ccc(cn3)C1)CCN(CC(=O)OC(C)(C)C)Cc1ccc(nc1)-c1ccc(cn1)CN(CC(=O)OC(C)(C)C)CC2. The van der Waals surface area contributed by atoms with Crippen molar-refractivity contribution in [3.63, 3.8) is 0 Å². The molecule has 110 heavy (non-hydrogen) atoms. The fraction of sp³-hybridized carbons (Fsp3) is 0.571. The normalized spacial score (nSPS) is 17.8. The van der Waals surface area contributed by atoms with E-state index >= 15 is 0 Å². The van der Waals surface area contributed by atoms with Gasteiger partial charge in [0.05, 0.1) is 73.4 Å². The standard InChI is InChI=1S/C84H120N14O12/c1-79(2,3)105-73(99)55-93-37-31-91-32-38-94(56-74(100)106-80(4,5)6)50-62-21-27-69(87-45-62)71-29-23-65(47-89-71)53-97(59-77(103)109-83(13,14)15)41-35-92(34-40-96(58-76(102)108-82(10,11)12)52-64-20-26-68(86-44-64)67-25-19-61(49-93)43-85-67)36-42-98(60-78(104)110-84(16,17)18)54-66-24-30-72(90-48-66)70-28-22-63(46-88-70)51-95(39-33-91)57-75(101)107-81(7,8)9/h19-30,43-48H,31-42,49-60H2,1-18H3. The van der Waals surface area contributed by atoms with Crippen molar-refractivity contribution in [3.05, 3.63) is 143 Å². The third-order valence-electron chi connectivity index (χ3n) is 17.2. The van der Waals surface area contributed by atoms with Gasteiger partial charge in [-0.2, -0.15) is 0 Å². The lowest BCUT2D eigenvalue weighted by molar-refractivity contribution is -0.157. The van der Waals surface area contributed by atoms with Crippen molar-refractivity contribution in [2.45, 2.75) is 198 Å². The van der Waals surface area contributed by atoms with Gasteiger partial charge in [-0.15, -0.1) is 0 Å². The smallest absolute Gasteiger partial charge is 0.320 e. The molecule has 0 fully saturated rings. The lowest BCUT2D eigenvalue weighted by Crippen LogP contribution is -2.45. The molecule has 6 aromatic rings. The third-order valence-corrected chi connectivity index (χ3v) is 17.2. The molecule has 21 aliphatic rings. The van der Waals surface area contributed by atoms with Gasteiger partial charge in [0.1, 0.15) is 33.6 Å². The molecule has 0 aromatic carbocycles. The first-order valence-corrected chi connectivity index (χ1v) is 38.3. The maximum atomic E-state index is 13.9. The highest BCUT2D eigenvalue weighted by molar-refractivity contribution is 5.74. The predicted octanol–water partition coefficient (Wildman–Crippen LogP) is 9.95. The van der Waals surface area contributed by atoms with E-state index in [0.717, 1.165) is 33.4 Å². The second-order valence-corrected chi connectivity index (χ2v) is 34.8. The number of carbonyl (C=O) groups is 6. The van der Waals surface area contributed by atoms with Crippen molar-refractivity contribution in [3.8, 4) is 34.2 Å². The average Bonchev–Trinajstić information content (AvgIpc) is 0.849. The minimum Gasteiger partial charge on any atom is -0.459 e. The summed E-state index contributed by atoms with van der Waals surface area (Å²) in [7, 11) is 0. The Labute approximate surface area is 651 Å². The Balaban J connectivity index is 1.27. The molecule has 0 amide bonds. The molecule has 26 heteroatoms. The molecule has 0 saturated heterocycles. The van der Waals surface area contributed by atoms with Crippen LogP contribution >= 0.6 is 0 Å². The minimum absolute atomic E-state index is 0.0252. The molecule has 26 nitrogen and oxygen atoms in total. The van der Waals surface area contributed by atoms with Crippen molar-refractivity contribution < 1.29 is 57.2 Å². The number of rotatable bonds is 12. The Kier molecular flexibility index (Phi) is 30.9. The Morgan fingerprint density at radius 1 is 0.236 bits per heavy atom. The Morgan fingerprint density at radius 2 is 0.373 bits per heavy atom. The molecule has 14 bridgehead atoms. The van der Waals surface area contributed by atoms with Crippen LogP contribution in [-0.2, 0) is 96.5 Å². The number of hydrogen-bond donors (Lipinski definition) is 0. The molecule has 598 valence electrons. The summed E-state index contributed by atoms with van der Waals surface area (Å²) in [4.78, 5) is 130. The van der Waals surface area contributed by atoms with Crippen LogP contribution in [0.25, 0.3) is 34.2 Å². The molecule has 0 saturated carbocycles. The summed E-state index contributed by atoms with van der Waals surface area (Å²) in [6.45, 7) is 40.3. The van der Waals surface area contributed by atoms with Crippen LogP contribution in [0, 0.1) is 0 Å². The molecule has 0 radical (unpaired) electrons. The molecule has 21 aliphatic heterocycles. The first-order valence-electron chi connectivity index (χ1n) is 38.3. The van der Waals surface area contributed by atoms with Crippen molar-refractivity contribution in [2.75, 3.05) is 118 Å². The summed E-state index contributed by atoms with van der Waals surface area (Å²) in [6.07, 6.45) is 10.8. The van der Waals surface area contributed by atoms with Crippen LogP contribution in [0.5, 0.6) is 0 Å². The largest absolute Gasteiger partial charge is 0.459 e. The van der Waals surface area contributed by atoms with Crippen molar-refractivity contribution in [2.24, 2.45) is 0 Å². The fourth-order valence-electron chi connectivity index (χ4n) is 12.6. The maximum Gasteiger partial charge on any atom is 0.320 e. The third kappa shape index (κ3) is 32.8. The summed E-state index contributed by atoms with van der Waals surface area (Å²) in [6, 6.07) is 23.4. The van der Waals surface area contributed by atoms with Crippen LogP contribution in [0.4, 0.5) is 0 Å². The number of carbonyl (C=O) groups excluding carboxylic acids is 6. The Bertz CT molecular complexity index is 3270. The molecule has 0 spiro atoms. The number of ether oxygens (including phenoxy) is 6. The van der Waals surface area contributed by atoms with E-state index in [1.54, 1.807) is 37.2 Å². The quantitative estimate of drug-likeness (QED) is 0.0815. The van der Waals surface area contributed by atoms with Gasteiger partial charge in [0.25, 0.3) is 0 Å². The number of esters is 6. The highest BCUT2D eigenvalue weighted by Crippen LogP contribution is 2.24. The molecule has 0 atom stereocenters. The van der Waals surface area contributed by atoms with Crippen molar-refractivity contribution >= 4 is 35.8 Å². The molecular formula is C84H120N14O12. The number of hydrogen-bond acceptors (Lipinski definition) is 26. The predicted molar refractivity (Wildman–Crippen MR) is 422 cm³/mol. The monoisotopic (exact) mass is 1520 g/mol. The van der Waals surface area contributed by atoms with E-state index in [9.17, 15) is 28.8 Å². The van der Waals surface area contributed by atoms with E-state index in [1.807, 2.05) is 197 Å². The Hall–Kier alpha value is -8.60. The molecule has 27 heterocycles. The van der Waals surface area contributed by atoms with E-state index < -0.39 is 33.6 Å². The van der Waals surface area contributed by atoms with E-state index in [2.05, 4.69) is 39.2 Å². The van der Waals surface area contributed by atoms with Gasteiger partial charge in [-0.05, 0) is 194 Å². The average molecular weight is 1520 g/mol. The van der Waals surface area contributed by atoms with Gasteiger partial charge >= 0.3 is 35.8 Å². The van der Waals surface area contributed by atoms with Gasteiger partial charge < -0.3 is 28.4 Å². The van der Waals surface area contributed by atoms with Crippen LogP contribution in [0.15, 0.2) is 110 Å². The first kappa shape index (κ1) is 87.0. The Morgan fingerprint density at radius 3 is 0.482 bits per heavy atom. The van der Waals surface area contributed by atoms with Gasteiger partial charge in [-0.3, -0.25) is 97.9 Å². The lowest BCUT2D eigenvalue weighted by Gasteiger charge is -2.32. The molecule has 0 aliphatic carbocycles. The van der Waals surface area contributed by atoms with Crippen LogP contribution in [-0.4, -0.2) is 256 Å². The zero-order valence-electron chi connectivity index (χ0n) is 68.5.